The molecule has 0 fully saturated rings. The van der Waals surface area contributed by atoms with Crippen LogP contribution in [0.5, 0.6) is 0 Å². The van der Waals surface area contributed by atoms with Gasteiger partial charge in [-0.25, -0.2) is 9.97 Å². The third kappa shape index (κ3) is 2.96. The van der Waals surface area contributed by atoms with E-state index in [4.69, 9.17) is 0 Å². The standard InChI is InChI=1S/C20H18N4O/c1-14-11-15-7-5-6-10-18(15)24(14)19-12-17(21-13-22-19)20(25)23-16-8-3-2-4-9-16/h2-10,12-14H,11H2,1H3,(H,23,25). The third-order valence-electron chi connectivity index (χ3n) is 4.37. The van der Waals surface area contributed by atoms with E-state index >= 15 is 0 Å². The van der Waals surface area contributed by atoms with Crippen LogP contribution in [0.15, 0.2) is 67.0 Å². The van der Waals surface area contributed by atoms with Gasteiger partial charge in [-0.1, -0.05) is 36.4 Å². The first-order valence-corrected chi connectivity index (χ1v) is 8.28. The van der Waals surface area contributed by atoms with Crippen molar-refractivity contribution in [2.75, 3.05) is 10.2 Å². The van der Waals surface area contributed by atoms with E-state index in [1.54, 1.807) is 6.07 Å². The van der Waals surface area contributed by atoms with E-state index in [1.165, 1.54) is 11.9 Å². The summed E-state index contributed by atoms with van der Waals surface area (Å²) in [5.41, 5.74) is 3.53. The van der Waals surface area contributed by atoms with E-state index in [2.05, 4.69) is 39.2 Å². The molecule has 0 aliphatic carbocycles. The molecule has 1 aliphatic heterocycles. The van der Waals surface area contributed by atoms with Crippen LogP contribution in [0.4, 0.5) is 17.2 Å². The number of amides is 1. The molecule has 1 atom stereocenters. The smallest absolute Gasteiger partial charge is 0.274 e. The monoisotopic (exact) mass is 330 g/mol. The highest BCUT2D eigenvalue weighted by Gasteiger charge is 2.28. The van der Waals surface area contributed by atoms with Crippen LogP contribution in [0.3, 0.4) is 0 Å². The number of benzene rings is 2. The zero-order chi connectivity index (χ0) is 17.2. The zero-order valence-electron chi connectivity index (χ0n) is 13.9. The SMILES string of the molecule is CC1Cc2ccccc2N1c1cc(C(=O)Nc2ccccc2)ncn1. The number of hydrogen-bond donors (Lipinski definition) is 1. The van der Waals surface area contributed by atoms with Crippen molar-refractivity contribution < 1.29 is 4.79 Å². The fraction of sp³-hybridized carbons (Fsp3) is 0.150. The van der Waals surface area contributed by atoms with Crippen molar-refractivity contribution in [2.24, 2.45) is 0 Å². The van der Waals surface area contributed by atoms with Crippen LogP contribution >= 0.6 is 0 Å². The Bertz CT molecular complexity index is 910. The number of carbonyl (C=O) groups is 1. The van der Waals surface area contributed by atoms with Gasteiger partial charge in [0.2, 0.25) is 0 Å². The summed E-state index contributed by atoms with van der Waals surface area (Å²) in [5, 5.41) is 2.86. The highest BCUT2D eigenvalue weighted by atomic mass is 16.1. The second kappa shape index (κ2) is 6.36. The predicted molar refractivity (Wildman–Crippen MR) is 98.2 cm³/mol. The first-order chi connectivity index (χ1) is 12.2. The predicted octanol–water partition coefficient (Wildman–Crippen LogP) is 3.81. The van der Waals surface area contributed by atoms with Gasteiger partial charge in [0.05, 0.1) is 0 Å². The van der Waals surface area contributed by atoms with E-state index in [0.717, 1.165) is 23.6 Å². The number of para-hydroxylation sites is 2. The molecule has 0 radical (unpaired) electrons. The molecule has 2 aromatic carbocycles. The van der Waals surface area contributed by atoms with Crippen LogP contribution in [-0.4, -0.2) is 21.9 Å². The molecule has 0 bridgehead atoms. The molecule has 1 aliphatic rings. The van der Waals surface area contributed by atoms with Crippen molar-refractivity contribution >= 4 is 23.1 Å². The molecule has 5 heteroatoms. The minimum absolute atomic E-state index is 0.241. The Morgan fingerprint density at radius 3 is 2.68 bits per heavy atom. The first kappa shape index (κ1) is 15.3. The van der Waals surface area contributed by atoms with Crippen LogP contribution in [0.1, 0.15) is 23.0 Å². The summed E-state index contributed by atoms with van der Waals surface area (Å²) in [7, 11) is 0. The van der Waals surface area contributed by atoms with Crippen LogP contribution < -0.4 is 10.2 Å². The maximum atomic E-state index is 12.5. The molecule has 1 aromatic heterocycles. The average Bonchev–Trinajstić information content (AvgIpc) is 2.98. The highest BCUT2D eigenvalue weighted by Crippen LogP contribution is 2.37. The Labute approximate surface area is 146 Å². The number of fused-ring (bicyclic) bond motifs is 1. The number of aromatic nitrogens is 2. The largest absolute Gasteiger partial charge is 0.323 e. The van der Waals surface area contributed by atoms with Gasteiger partial charge in [-0.2, -0.15) is 0 Å². The molecule has 1 unspecified atom stereocenters. The van der Waals surface area contributed by atoms with Crippen molar-refractivity contribution in [1.29, 1.82) is 0 Å². The fourth-order valence-corrected chi connectivity index (χ4v) is 3.23. The molecule has 0 spiro atoms. The molecule has 124 valence electrons. The summed E-state index contributed by atoms with van der Waals surface area (Å²) in [6, 6.07) is 19.7. The third-order valence-corrected chi connectivity index (χ3v) is 4.37. The van der Waals surface area contributed by atoms with Crippen LogP contribution in [0.25, 0.3) is 0 Å². The molecule has 25 heavy (non-hydrogen) atoms. The summed E-state index contributed by atoms with van der Waals surface area (Å²) >= 11 is 0. The lowest BCUT2D eigenvalue weighted by atomic mass is 10.1. The molecular formula is C20H18N4O. The number of anilines is 3. The maximum Gasteiger partial charge on any atom is 0.274 e. The van der Waals surface area contributed by atoms with Gasteiger partial charge >= 0.3 is 0 Å². The second-order valence-corrected chi connectivity index (χ2v) is 6.13. The average molecular weight is 330 g/mol. The normalized spacial score (nSPS) is 15.7. The second-order valence-electron chi connectivity index (χ2n) is 6.13. The van der Waals surface area contributed by atoms with Gasteiger partial charge in [0.25, 0.3) is 5.91 Å². The highest BCUT2D eigenvalue weighted by molar-refractivity contribution is 6.03. The maximum absolute atomic E-state index is 12.5. The van der Waals surface area contributed by atoms with Crippen molar-refractivity contribution in [3.63, 3.8) is 0 Å². The van der Waals surface area contributed by atoms with Gasteiger partial charge in [0.15, 0.2) is 0 Å². The summed E-state index contributed by atoms with van der Waals surface area (Å²) in [6.07, 6.45) is 2.41. The summed E-state index contributed by atoms with van der Waals surface area (Å²) in [6.45, 7) is 2.16. The Morgan fingerprint density at radius 2 is 1.84 bits per heavy atom. The van der Waals surface area contributed by atoms with Crippen LogP contribution in [0, 0.1) is 0 Å². The minimum atomic E-state index is -0.241. The molecule has 3 aromatic rings. The Hall–Kier alpha value is -3.21. The van der Waals surface area contributed by atoms with Crippen molar-refractivity contribution in [1.82, 2.24) is 9.97 Å². The molecular weight excluding hydrogens is 312 g/mol. The van der Waals surface area contributed by atoms with E-state index < -0.39 is 0 Å². The first-order valence-electron chi connectivity index (χ1n) is 8.28. The van der Waals surface area contributed by atoms with Gasteiger partial charge in [-0.05, 0) is 37.1 Å². The Morgan fingerprint density at radius 1 is 1.08 bits per heavy atom. The van der Waals surface area contributed by atoms with Gasteiger partial charge in [0.1, 0.15) is 17.8 Å². The number of rotatable bonds is 3. The summed E-state index contributed by atoms with van der Waals surface area (Å²) in [5.74, 6) is 0.501. The number of hydrogen-bond acceptors (Lipinski definition) is 4. The quantitative estimate of drug-likeness (QED) is 0.793. The van der Waals surface area contributed by atoms with Crippen LogP contribution in [0.2, 0.25) is 0 Å². The Balaban J connectivity index is 1.63. The molecule has 2 heterocycles. The lowest BCUT2D eigenvalue weighted by Gasteiger charge is -2.23. The zero-order valence-corrected chi connectivity index (χ0v) is 13.9. The lowest BCUT2D eigenvalue weighted by Crippen LogP contribution is -2.25. The number of nitrogens with zero attached hydrogens (tertiary/aromatic N) is 3. The molecule has 5 nitrogen and oxygen atoms in total. The summed E-state index contributed by atoms with van der Waals surface area (Å²) in [4.78, 5) is 23.2. The van der Waals surface area contributed by atoms with E-state index in [0.29, 0.717) is 5.69 Å². The number of carbonyl (C=O) groups excluding carboxylic acids is 1. The molecule has 0 saturated heterocycles. The van der Waals surface area contributed by atoms with Gasteiger partial charge in [-0.15, -0.1) is 0 Å². The molecule has 1 N–H and O–H groups in total. The van der Waals surface area contributed by atoms with Crippen molar-refractivity contribution in [3.8, 4) is 0 Å². The van der Waals surface area contributed by atoms with E-state index in [1.807, 2.05) is 42.5 Å². The van der Waals surface area contributed by atoms with Gasteiger partial charge in [-0.3, -0.25) is 4.79 Å². The van der Waals surface area contributed by atoms with Crippen LogP contribution in [-0.2, 0) is 6.42 Å². The molecule has 1 amide bonds. The number of nitrogens with one attached hydrogen (secondary N) is 1. The Kier molecular flexibility index (Phi) is 3.90. The van der Waals surface area contributed by atoms with Crippen molar-refractivity contribution in [3.05, 3.63) is 78.2 Å². The van der Waals surface area contributed by atoms with E-state index in [-0.39, 0.29) is 11.9 Å². The fourth-order valence-electron chi connectivity index (χ4n) is 3.23. The summed E-state index contributed by atoms with van der Waals surface area (Å²) < 4.78 is 0. The molecule has 4 rings (SSSR count). The topological polar surface area (TPSA) is 58.1 Å². The minimum Gasteiger partial charge on any atom is -0.323 e. The van der Waals surface area contributed by atoms with Crippen molar-refractivity contribution in [2.45, 2.75) is 19.4 Å². The lowest BCUT2D eigenvalue weighted by molar-refractivity contribution is 0.102. The van der Waals surface area contributed by atoms with Gasteiger partial charge in [0, 0.05) is 23.5 Å². The van der Waals surface area contributed by atoms with E-state index in [9.17, 15) is 4.79 Å². The van der Waals surface area contributed by atoms with Gasteiger partial charge < -0.3 is 10.2 Å². The molecule has 0 saturated carbocycles.